The lowest BCUT2D eigenvalue weighted by atomic mass is 10.1. The summed E-state index contributed by atoms with van der Waals surface area (Å²) in [4.78, 5) is 13.2. The first kappa shape index (κ1) is 15.4. The molecule has 0 bridgehead atoms. The highest BCUT2D eigenvalue weighted by Crippen LogP contribution is 2.31. The predicted molar refractivity (Wildman–Crippen MR) is 86.8 cm³/mol. The van der Waals surface area contributed by atoms with Gasteiger partial charge < -0.3 is 4.90 Å². The molecule has 20 heavy (non-hydrogen) atoms. The molecule has 0 aliphatic rings. The van der Waals surface area contributed by atoms with E-state index in [1.165, 1.54) is 0 Å². The zero-order valence-corrected chi connectivity index (χ0v) is 13.9. The van der Waals surface area contributed by atoms with E-state index in [4.69, 9.17) is 0 Å². The molecule has 1 atom stereocenters. The molecule has 0 radical (unpaired) electrons. The van der Waals surface area contributed by atoms with Gasteiger partial charge in [-0.1, -0.05) is 0 Å². The Morgan fingerprint density at radius 3 is 2.15 bits per heavy atom. The van der Waals surface area contributed by atoms with Crippen molar-refractivity contribution in [1.29, 1.82) is 0 Å². The number of hydrogen-bond acceptors (Lipinski definition) is 4. The fourth-order valence-electron chi connectivity index (χ4n) is 1.87. The Balaban J connectivity index is 2.12. The van der Waals surface area contributed by atoms with E-state index in [9.17, 15) is 9.00 Å². The van der Waals surface area contributed by atoms with Crippen molar-refractivity contribution in [3.63, 3.8) is 0 Å². The van der Waals surface area contributed by atoms with E-state index in [2.05, 4.69) is 0 Å². The van der Waals surface area contributed by atoms with Gasteiger partial charge in [0.05, 0.1) is 5.25 Å². The van der Waals surface area contributed by atoms with E-state index in [0.717, 1.165) is 11.1 Å². The first-order valence-corrected chi connectivity index (χ1v) is 9.48. The van der Waals surface area contributed by atoms with Gasteiger partial charge in [0.1, 0.15) is 0 Å². The van der Waals surface area contributed by atoms with Crippen LogP contribution in [0.15, 0.2) is 33.7 Å². The summed E-state index contributed by atoms with van der Waals surface area (Å²) in [7, 11) is 2.36. The number of nitrogens with zero attached hydrogens (tertiary/aromatic N) is 1. The first-order valence-electron chi connectivity index (χ1n) is 6.21. The molecule has 0 aromatic carbocycles. The normalized spacial score (nSPS) is 12.6. The first-order chi connectivity index (χ1) is 9.59. The third kappa shape index (κ3) is 3.77. The molecule has 2 aromatic heterocycles. The SMILES string of the molecule is CN(C)C(=O)CCS(=O)C(c1ccsc1)c1ccsc1. The highest BCUT2D eigenvalue weighted by atomic mass is 32.2. The Morgan fingerprint density at radius 1 is 1.20 bits per heavy atom. The summed E-state index contributed by atoms with van der Waals surface area (Å²) in [6.07, 6.45) is 0.324. The van der Waals surface area contributed by atoms with Crippen LogP contribution in [0.3, 0.4) is 0 Å². The van der Waals surface area contributed by atoms with Crippen molar-refractivity contribution in [2.75, 3.05) is 19.8 Å². The van der Waals surface area contributed by atoms with E-state index in [-0.39, 0.29) is 11.2 Å². The average molecular weight is 327 g/mol. The smallest absolute Gasteiger partial charge is 0.222 e. The number of rotatable bonds is 6. The third-order valence-electron chi connectivity index (χ3n) is 2.97. The maximum Gasteiger partial charge on any atom is 0.222 e. The van der Waals surface area contributed by atoms with Crippen LogP contribution in [0.2, 0.25) is 0 Å². The van der Waals surface area contributed by atoms with Gasteiger partial charge in [-0.25, -0.2) is 0 Å². The van der Waals surface area contributed by atoms with Crippen molar-refractivity contribution in [1.82, 2.24) is 4.90 Å². The van der Waals surface area contributed by atoms with Crippen LogP contribution < -0.4 is 0 Å². The molecule has 0 saturated heterocycles. The average Bonchev–Trinajstić information content (AvgIpc) is 3.09. The fourth-order valence-corrected chi connectivity index (χ4v) is 4.93. The Kier molecular flexibility index (Phi) is 5.51. The van der Waals surface area contributed by atoms with E-state index < -0.39 is 10.8 Å². The lowest BCUT2D eigenvalue weighted by Crippen LogP contribution is -2.24. The molecule has 0 N–H and O–H groups in total. The molecule has 1 amide bonds. The van der Waals surface area contributed by atoms with Crippen LogP contribution in [0, 0.1) is 0 Å². The molecule has 0 saturated carbocycles. The summed E-state index contributed by atoms with van der Waals surface area (Å²) < 4.78 is 12.6. The second-order valence-corrected chi connectivity index (χ2v) is 7.82. The van der Waals surface area contributed by atoms with Gasteiger partial charge in [-0.05, 0) is 44.8 Å². The minimum atomic E-state index is -1.09. The lowest BCUT2D eigenvalue weighted by molar-refractivity contribution is -0.128. The number of thiophene rings is 2. The fraction of sp³-hybridized carbons (Fsp3) is 0.357. The van der Waals surface area contributed by atoms with E-state index in [1.54, 1.807) is 41.7 Å². The summed E-state index contributed by atoms with van der Waals surface area (Å²) in [6.45, 7) is 0. The van der Waals surface area contributed by atoms with Gasteiger partial charge in [-0.2, -0.15) is 22.7 Å². The van der Waals surface area contributed by atoms with Crippen LogP contribution in [0.5, 0.6) is 0 Å². The van der Waals surface area contributed by atoms with Gasteiger partial charge >= 0.3 is 0 Å². The zero-order valence-electron chi connectivity index (χ0n) is 11.4. The highest BCUT2D eigenvalue weighted by Gasteiger charge is 2.22. The molecule has 6 heteroatoms. The Labute approximate surface area is 129 Å². The van der Waals surface area contributed by atoms with Gasteiger partial charge in [-0.3, -0.25) is 9.00 Å². The van der Waals surface area contributed by atoms with Gasteiger partial charge in [0.25, 0.3) is 0 Å². The van der Waals surface area contributed by atoms with Gasteiger partial charge in [0.15, 0.2) is 0 Å². The van der Waals surface area contributed by atoms with E-state index in [0.29, 0.717) is 12.2 Å². The summed E-state index contributed by atoms with van der Waals surface area (Å²) in [5, 5.41) is 7.94. The van der Waals surface area contributed by atoms with Crippen LogP contribution in [0.1, 0.15) is 22.8 Å². The lowest BCUT2D eigenvalue weighted by Gasteiger charge is -2.15. The Hall–Kier alpha value is -0.980. The second-order valence-electron chi connectivity index (χ2n) is 4.62. The quantitative estimate of drug-likeness (QED) is 0.817. The molecule has 0 aliphatic carbocycles. The molecule has 2 heterocycles. The van der Waals surface area contributed by atoms with Crippen molar-refractivity contribution in [2.24, 2.45) is 0 Å². The van der Waals surface area contributed by atoms with Gasteiger partial charge in [0, 0.05) is 37.1 Å². The van der Waals surface area contributed by atoms with Crippen LogP contribution in [0.4, 0.5) is 0 Å². The molecule has 1 unspecified atom stereocenters. The number of carbonyl (C=O) groups is 1. The minimum Gasteiger partial charge on any atom is -0.349 e. The highest BCUT2D eigenvalue weighted by molar-refractivity contribution is 7.85. The zero-order chi connectivity index (χ0) is 14.5. The molecule has 0 fully saturated rings. The minimum absolute atomic E-state index is 0.0211. The van der Waals surface area contributed by atoms with E-state index >= 15 is 0 Å². The maximum absolute atomic E-state index is 12.6. The van der Waals surface area contributed by atoms with Crippen LogP contribution >= 0.6 is 22.7 Å². The molecule has 0 aliphatic heterocycles. The predicted octanol–water partition coefficient (Wildman–Crippen LogP) is 3.13. The third-order valence-corrected chi connectivity index (χ3v) is 6.05. The van der Waals surface area contributed by atoms with Crippen molar-refractivity contribution < 1.29 is 9.00 Å². The number of hydrogen-bond donors (Lipinski definition) is 0. The van der Waals surface area contributed by atoms with Crippen molar-refractivity contribution in [3.05, 3.63) is 44.8 Å². The van der Waals surface area contributed by atoms with Crippen molar-refractivity contribution >= 4 is 39.4 Å². The largest absolute Gasteiger partial charge is 0.349 e. The topological polar surface area (TPSA) is 37.4 Å². The van der Waals surface area contributed by atoms with Crippen LogP contribution in [-0.4, -0.2) is 34.9 Å². The standard InChI is InChI=1S/C14H17NO2S3/c1-15(2)13(16)5-8-20(17)14(11-3-6-18-9-11)12-4-7-19-10-12/h3-4,6-7,9-10,14H,5,8H2,1-2H3. The molecular weight excluding hydrogens is 310 g/mol. The van der Waals surface area contributed by atoms with Gasteiger partial charge in [0.2, 0.25) is 5.91 Å². The van der Waals surface area contributed by atoms with Gasteiger partial charge in [-0.15, -0.1) is 0 Å². The molecular formula is C14H17NO2S3. The molecule has 2 rings (SSSR count). The summed E-state index contributed by atoms with van der Waals surface area (Å²) in [5.74, 6) is 0.417. The summed E-state index contributed by atoms with van der Waals surface area (Å²) in [5.41, 5.74) is 2.15. The molecule has 0 spiro atoms. The van der Waals surface area contributed by atoms with Crippen LogP contribution in [-0.2, 0) is 15.6 Å². The summed E-state index contributed by atoms with van der Waals surface area (Å²) >= 11 is 3.21. The Bertz CT molecular complexity index is 527. The van der Waals surface area contributed by atoms with Crippen LogP contribution in [0.25, 0.3) is 0 Å². The Morgan fingerprint density at radius 2 is 1.75 bits per heavy atom. The molecule has 3 nitrogen and oxygen atoms in total. The monoisotopic (exact) mass is 327 g/mol. The number of carbonyl (C=O) groups excluding carboxylic acids is 1. The second kappa shape index (κ2) is 7.15. The number of amides is 1. The molecule has 108 valence electrons. The molecule has 2 aromatic rings. The maximum atomic E-state index is 12.6. The van der Waals surface area contributed by atoms with Crippen molar-refractivity contribution in [3.8, 4) is 0 Å². The van der Waals surface area contributed by atoms with Crippen molar-refractivity contribution in [2.45, 2.75) is 11.7 Å². The summed E-state index contributed by atoms with van der Waals surface area (Å²) in [6, 6.07) is 4.03. The van der Waals surface area contributed by atoms with E-state index in [1.807, 2.05) is 33.7 Å².